The zero-order chi connectivity index (χ0) is 17.1. The van der Waals surface area contributed by atoms with Gasteiger partial charge in [-0.3, -0.25) is 9.88 Å². The highest BCUT2D eigenvalue weighted by atomic mass is 16.5. The van der Waals surface area contributed by atoms with Gasteiger partial charge in [0.2, 0.25) is 0 Å². The Labute approximate surface area is 148 Å². The molecular weight excluding hydrogens is 312 g/mol. The molecule has 1 fully saturated rings. The van der Waals surface area contributed by atoms with Crippen LogP contribution in [0.3, 0.4) is 0 Å². The van der Waals surface area contributed by atoms with Gasteiger partial charge in [0.15, 0.2) is 0 Å². The summed E-state index contributed by atoms with van der Waals surface area (Å²) >= 11 is 0. The van der Waals surface area contributed by atoms with Gasteiger partial charge in [-0.15, -0.1) is 0 Å². The molecule has 0 N–H and O–H groups in total. The highest BCUT2D eigenvalue weighted by Gasteiger charge is 2.20. The molecule has 3 heterocycles. The summed E-state index contributed by atoms with van der Waals surface area (Å²) in [4.78, 5) is 11.3. The van der Waals surface area contributed by atoms with Crippen LogP contribution < -0.4 is 0 Å². The smallest absolute Gasteiger partial charge is 0.122 e. The normalized spacial score (nSPS) is 19.2. The molecule has 0 aliphatic carbocycles. The Bertz CT molecular complexity index is 844. The van der Waals surface area contributed by atoms with E-state index in [1.807, 2.05) is 24.7 Å². The van der Waals surface area contributed by atoms with Crippen LogP contribution in [-0.4, -0.2) is 45.7 Å². The first-order valence-electron chi connectivity index (χ1n) is 8.88. The molecule has 0 radical (unpaired) electrons. The fraction of sp³-hybridized carbons (Fsp3) is 0.400. The lowest BCUT2D eigenvalue weighted by Gasteiger charge is -2.23. The van der Waals surface area contributed by atoms with Crippen LogP contribution in [0.25, 0.3) is 10.9 Å². The van der Waals surface area contributed by atoms with Crippen LogP contribution >= 0.6 is 0 Å². The lowest BCUT2D eigenvalue weighted by atomic mass is 9.98. The van der Waals surface area contributed by atoms with Crippen molar-refractivity contribution in [2.45, 2.75) is 13.0 Å². The number of rotatable bonds is 4. The van der Waals surface area contributed by atoms with E-state index in [1.165, 1.54) is 10.9 Å². The quantitative estimate of drug-likeness (QED) is 0.735. The summed E-state index contributed by atoms with van der Waals surface area (Å²) in [6.07, 6.45) is 6.74. The van der Waals surface area contributed by atoms with Crippen LogP contribution in [0.5, 0.6) is 0 Å². The average Bonchev–Trinajstić information content (AvgIpc) is 2.89. The third-order valence-electron chi connectivity index (χ3n) is 4.90. The Morgan fingerprint density at radius 2 is 2.16 bits per heavy atom. The van der Waals surface area contributed by atoms with E-state index in [0.29, 0.717) is 5.92 Å². The first-order valence-corrected chi connectivity index (χ1v) is 8.88. The van der Waals surface area contributed by atoms with Gasteiger partial charge >= 0.3 is 0 Å². The maximum Gasteiger partial charge on any atom is 0.122 e. The number of hydrogen-bond donors (Lipinski definition) is 0. The molecule has 5 nitrogen and oxygen atoms in total. The van der Waals surface area contributed by atoms with Crippen molar-refractivity contribution in [1.29, 1.82) is 0 Å². The number of aryl methyl sites for hydroxylation is 1. The number of pyridine rings is 1. The van der Waals surface area contributed by atoms with E-state index < -0.39 is 0 Å². The van der Waals surface area contributed by atoms with Crippen LogP contribution in [0.2, 0.25) is 0 Å². The summed E-state index contributed by atoms with van der Waals surface area (Å²) in [5.41, 5.74) is 2.41. The van der Waals surface area contributed by atoms with E-state index in [-0.39, 0.29) is 0 Å². The van der Waals surface area contributed by atoms with Gasteiger partial charge < -0.3 is 9.30 Å². The molecule has 4 rings (SSSR count). The summed E-state index contributed by atoms with van der Waals surface area (Å²) < 4.78 is 7.96. The molecule has 0 spiro atoms. The number of hydrogen-bond acceptors (Lipinski definition) is 4. The molecule has 0 saturated carbocycles. The molecule has 1 atom stereocenters. The van der Waals surface area contributed by atoms with E-state index >= 15 is 0 Å². The van der Waals surface area contributed by atoms with Crippen molar-refractivity contribution in [3.05, 3.63) is 60.3 Å². The first kappa shape index (κ1) is 16.2. The second-order valence-corrected chi connectivity index (χ2v) is 6.87. The van der Waals surface area contributed by atoms with Crippen molar-refractivity contribution in [2.24, 2.45) is 13.0 Å². The predicted molar refractivity (Wildman–Crippen MR) is 98.2 cm³/mol. The summed E-state index contributed by atoms with van der Waals surface area (Å²) in [6, 6.07) is 10.7. The van der Waals surface area contributed by atoms with Crippen LogP contribution in [0.1, 0.15) is 11.4 Å². The predicted octanol–water partition coefficient (Wildman–Crippen LogP) is 2.66. The number of benzene rings is 1. The fourth-order valence-electron chi connectivity index (χ4n) is 3.55. The van der Waals surface area contributed by atoms with Crippen molar-refractivity contribution in [2.75, 3.05) is 26.3 Å². The van der Waals surface area contributed by atoms with E-state index in [9.17, 15) is 0 Å². The molecule has 5 heteroatoms. The van der Waals surface area contributed by atoms with Gasteiger partial charge in [0.1, 0.15) is 5.82 Å². The second kappa shape index (κ2) is 7.33. The van der Waals surface area contributed by atoms with E-state index in [2.05, 4.69) is 50.7 Å². The van der Waals surface area contributed by atoms with Crippen molar-refractivity contribution < 1.29 is 4.74 Å². The van der Waals surface area contributed by atoms with Crippen molar-refractivity contribution in [1.82, 2.24) is 19.4 Å². The largest absolute Gasteiger partial charge is 0.380 e. The fourth-order valence-corrected chi connectivity index (χ4v) is 3.55. The molecule has 130 valence electrons. The van der Waals surface area contributed by atoms with E-state index in [1.54, 1.807) is 0 Å². The van der Waals surface area contributed by atoms with Crippen LogP contribution in [0.15, 0.2) is 48.9 Å². The third kappa shape index (κ3) is 3.89. The van der Waals surface area contributed by atoms with Gasteiger partial charge in [-0.1, -0.05) is 12.1 Å². The molecular formula is C20H24N4O. The Morgan fingerprint density at radius 1 is 1.20 bits per heavy atom. The Morgan fingerprint density at radius 3 is 3.04 bits per heavy atom. The summed E-state index contributed by atoms with van der Waals surface area (Å²) in [5.74, 6) is 1.61. The number of nitrogens with zero attached hydrogens (tertiary/aromatic N) is 4. The van der Waals surface area contributed by atoms with Gasteiger partial charge in [-0.05, 0) is 36.1 Å². The third-order valence-corrected chi connectivity index (χ3v) is 4.90. The van der Waals surface area contributed by atoms with Crippen LogP contribution in [0, 0.1) is 5.92 Å². The average molecular weight is 336 g/mol. The minimum absolute atomic E-state index is 0.497. The Balaban J connectivity index is 1.45. The van der Waals surface area contributed by atoms with Gasteiger partial charge in [-0.25, -0.2) is 4.98 Å². The Hall–Kier alpha value is -2.24. The maximum absolute atomic E-state index is 5.87. The van der Waals surface area contributed by atoms with Crippen LogP contribution in [-0.2, 0) is 24.8 Å². The maximum atomic E-state index is 5.87. The summed E-state index contributed by atoms with van der Waals surface area (Å²) in [5, 5.41) is 1.21. The molecule has 1 aliphatic rings. The zero-order valence-electron chi connectivity index (χ0n) is 14.6. The van der Waals surface area contributed by atoms with Gasteiger partial charge in [0.25, 0.3) is 0 Å². The molecule has 0 unspecified atom stereocenters. The number of ether oxygens (including phenoxy) is 1. The number of fused-ring (bicyclic) bond motifs is 1. The SMILES string of the molecule is Cn1ccnc1CN1CCOC[C@@H](Cc2ccc3ncccc3c2)C1. The Kier molecular flexibility index (Phi) is 4.76. The van der Waals surface area contributed by atoms with E-state index in [4.69, 9.17) is 4.74 Å². The van der Waals surface area contributed by atoms with Crippen LogP contribution in [0.4, 0.5) is 0 Å². The molecule has 1 aliphatic heterocycles. The molecule has 1 saturated heterocycles. The lowest BCUT2D eigenvalue weighted by molar-refractivity contribution is 0.121. The molecule has 0 bridgehead atoms. The molecule has 0 amide bonds. The highest BCUT2D eigenvalue weighted by molar-refractivity contribution is 5.78. The number of imidazole rings is 1. The van der Waals surface area contributed by atoms with Crippen molar-refractivity contribution >= 4 is 10.9 Å². The zero-order valence-corrected chi connectivity index (χ0v) is 14.6. The molecule has 1 aromatic carbocycles. The highest BCUT2D eigenvalue weighted by Crippen LogP contribution is 2.19. The monoisotopic (exact) mass is 336 g/mol. The molecule has 3 aromatic rings. The van der Waals surface area contributed by atoms with Crippen molar-refractivity contribution in [3.8, 4) is 0 Å². The number of aromatic nitrogens is 3. The van der Waals surface area contributed by atoms with Crippen molar-refractivity contribution in [3.63, 3.8) is 0 Å². The second-order valence-electron chi connectivity index (χ2n) is 6.87. The lowest BCUT2D eigenvalue weighted by Crippen LogP contribution is -2.31. The minimum atomic E-state index is 0.497. The minimum Gasteiger partial charge on any atom is -0.380 e. The van der Waals surface area contributed by atoms with Gasteiger partial charge in [0, 0.05) is 44.1 Å². The standard InChI is InChI=1S/C20H24N4O/c1-23-8-7-22-20(23)14-24-9-10-25-15-17(13-24)11-16-4-5-19-18(12-16)3-2-6-21-19/h2-8,12,17H,9-11,13-15H2,1H3/t17-/m0/s1. The molecule has 2 aromatic heterocycles. The summed E-state index contributed by atoms with van der Waals surface area (Å²) in [7, 11) is 2.05. The van der Waals surface area contributed by atoms with Gasteiger partial charge in [-0.2, -0.15) is 0 Å². The summed E-state index contributed by atoms with van der Waals surface area (Å²) in [6.45, 7) is 4.50. The van der Waals surface area contributed by atoms with E-state index in [0.717, 1.165) is 50.6 Å². The topological polar surface area (TPSA) is 43.2 Å². The van der Waals surface area contributed by atoms with Gasteiger partial charge in [0.05, 0.1) is 25.3 Å². The first-order chi connectivity index (χ1) is 12.3. The molecule has 25 heavy (non-hydrogen) atoms.